The molecular formula is C122H162F2O13S6. The summed E-state index contributed by atoms with van der Waals surface area (Å²) in [5.74, 6) is 9.75. The third-order valence-electron chi connectivity index (χ3n) is 34.4. The number of carbonyl (C=O) groups excluding carboxylic acids is 2. The van der Waals surface area contributed by atoms with Gasteiger partial charge in [0.05, 0.1) is 33.9 Å². The van der Waals surface area contributed by atoms with Crippen LogP contribution in [0.2, 0.25) is 0 Å². The zero-order valence-electron chi connectivity index (χ0n) is 85.8. The summed E-state index contributed by atoms with van der Waals surface area (Å²) in [5.41, 5.74) is 8.35. The first-order chi connectivity index (χ1) is 69.0. The minimum absolute atomic E-state index is 0.0146. The molecule has 4 bridgehead atoms. The van der Waals surface area contributed by atoms with Gasteiger partial charge >= 0.3 is 11.2 Å². The fourth-order valence-electron chi connectivity index (χ4n) is 27.7. The molecule has 0 radical (unpaired) electrons. The smallest absolute Gasteiger partial charge is 0.428 e. The number of esters is 1. The number of ether oxygens (including phenoxy) is 2. The molecule has 1 unspecified atom stereocenters. The predicted molar refractivity (Wildman–Crippen MR) is 578 cm³/mol. The SMILES string of the molecule is CC(C)(C)C(C(=O)c1ccc(C2CCCCC2)cc1)[S+]1CCCC1.O=C(OCC12CC3CC(CC(C3)C1)C2)C(F)(F)S(=O)(=O)[O-].O=S(=O)([O-])c1c(C2CCCCC2)cc(C2CCCCC2)cc1C1CCCCC1.O=S(=O)([O-])c1c(C2CCCCC2)cc(C2CCCCC2)cc1C1CCCCC1.c1ccc([S+](c2ccccc2)c2ccccc2)cc1.c1ccc2c([S+]3CCCC3)ccc(OCC3CCCCC3)c2c1. The Balaban J connectivity index is 0.000000124. The van der Waals surface area contributed by atoms with E-state index in [4.69, 9.17) is 4.74 Å². The van der Waals surface area contributed by atoms with Gasteiger partial charge in [-0.1, -0.05) is 296 Å². The van der Waals surface area contributed by atoms with Gasteiger partial charge in [-0.25, -0.2) is 30.0 Å². The monoisotopic (exact) mass is 2070 g/mol. The van der Waals surface area contributed by atoms with Gasteiger partial charge in [-0.3, -0.25) is 4.79 Å². The number of fused-ring (bicyclic) bond motifs is 1. The Morgan fingerprint density at radius 2 is 0.720 bits per heavy atom. The van der Waals surface area contributed by atoms with Crippen molar-refractivity contribution in [2.24, 2.45) is 34.5 Å². The Bertz CT molecular complexity index is 5390. The average molecular weight is 2070 g/mol. The van der Waals surface area contributed by atoms with Crippen LogP contribution >= 0.6 is 0 Å². The van der Waals surface area contributed by atoms with E-state index in [0.29, 0.717) is 46.3 Å². The van der Waals surface area contributed by atoms with E-state index >= 15 is 0 Å². The van der Waals surface area contributed by atoms with Crippen LogP contribution in [-0.2, 0) is 72.6 Å². The molecule has 14 fully saturated rings. The first kappa shape index (κ1) is 109. The van der Waals surface area contributed by atoms with Gasteiger partial charge in [0, 0.05) is 38.1 Å². The van der Waals surface area contributed by atoms with Gasteiger partial charge in [0.15, 0.2) is 34.9 Å². The Kier molecular flexibility index (Phi) is 39.3. The van der Waals surface area contributed by atoms with E-state index in [1.165, 1.54) is 245 Å². The van der Waals surface area contributed by atoms with Crippen LogP contribution in [0.3, 0.4) is 0 Å². The largest absolute Gasteiger partial charge is 0.744 e. The minimum Gasteiger partial charge on any atom is -0.744 e. The van der Waals surface area contributed by atoms with Crippen molar-refractivity contribution in [2.75, 3.05) is 36.2 Å². The van der Waals surface area contributed by atoms with E-state index in [-0.39, 0.29) is 77.9 Å². The van der Waals surface area contributed by atoms with Crippen LogP contribution in [0.15, 0.2) is 205 Å². The van der Waals surface area contributed by atoms with Crippen LogP contribution in [0.4, 0.5) is 8.78 Å². The van der Waals surface area contributed by atoms with Crippen LogP contribution in [0.25, 0.3) is 10.8 Å². The van der Waals surface area contributed by atoms with E-state index < -0.39 is 41.6 Å². The Morgan fingerprint density at radius 3 is 1.07 bits per heavy atom. The molecule has 0 amide bonds. The predicted octanol–water partition coefficient (Wildman–Crippen LogP) is 31.4. The lowest BCUT2D eigenvalue weighted by molar-refractivity contribution is -0.172. The zero-order valence-corrected chi connectivity index (χ0v) is 90.7. The number of Topliss-reactive ketones (excluding diaryl/α,β-unsaturated/α-hetero) is 1. The zero-order chi connectivity index (χ0) is 100. The molecule has 2 heterocycles. The second kappa shape index (κ2) is 51.4. The van der Waals surface area contributed by atoms with Crippen LogP contribution < -0.4 is 4.74 Å². The average Bonchev–Trinajstić information content (AvgIpc) is 0.817. The van der Waals surface area contributed by atoms with Crippen molar-refractivity contribution in [3.05, 3.63) is 220 Å². The van der Waals surface area contributed by atoms with Crippen LogP contribution in [-0.4, -0.2) is 97.4 Å². The first-order valence-electron chi connectivity index (χ1n) is 55.8. The van der Waals surface area contributed by atoms with Crippen molar-refractivity contribution >= 4 is 85.6 Å². The van der Waals surface area contributed by atoms with Crippen molar-refractivity contribution in [1.82, 2.24) is 0 Å². The van der Waals surface area contributed by atoms with Gasteiger partial charge in [-0.2, -0.15) is 8.78 Å². The van der Waals surface area contributed by atoms with E-state index in [0.717, 1.165) is 193 Å². The molecule has 8 aromatic rings. The van der Waals surface area contributed by atoms with Gasteiger partial charge < -0.3 is 23.1 Å². The third-order valence-corrected chi connectivity index (χ3v) is 45.1. The van der Waals surface area contributed by atoms with E-state index in [1.54, 1.807) is 4.90 Å². The summed E-state index contributed by atoms with van der Waals surface area (Å²) in [6.45, 7) is 7.43. The van der Waals surface area contributed by atoms with Crippen LogP contribution in [0.5, 0.6) is 5.75 Å². The number of carbonyl (C=O) groups is 2. The highest BCUT2D eigenvalue weighted by Crippen LogP contribution is 2.61. The molecule has 14 aliphatic rings. The number of ketones is 1. The Labute approximate surface area is 865 Å². The second-order valence-corrected chi connectivity index (χ2v) is 56.6. The second-order valence-electron chi connectivity index (χ2n) is 45.9. The quantitative estimate of drug-likeness (QED) is 0.0252. The molecule has 778 valence electrons. The summed E-state index contributed by atoms with van der Waals surface area (Å²) in [6.07, 6.45) is 59.9. The highest BCUT2D eigenvalue weighted by Gasteiger charge is 2.55. The summed E-state index contributed by atoms with van der Waals surface area (Å²) >= 11 is 0. The Morgan fingerprint density at radius 1 is 0.392 bits per heavy atom. The van der Waals surface area contributed by atoms with Crippen molar-refractivity contribution in [3.63, 3.8) is 0 Å². The molecule has 2 aliphatic heterocycles. The van der Waals surface area contributed by atoms with Crippen LogP contribution in [0, 0.1) is 34.5 Å². The van der Waals surface area contributed by atoms with Gasteiger partial charge in [0.2, 0.25) is 5.78 Å². The molecule has 0 spiro atoms. The molecule has 0 N–H and O–H groups in total. The Hall–Kier alpha value is -6.40. The number of hydrogen-bond acceptors (Lipinski definition) is 13. The van der Waals surface area contributed by atoms with Gasteiger partial charge in [0.1, 0.15) is 49.0 Å². The number of alkyl halides is 2. The molecule has 1 atom stereocenters. The molecule has 8 aromatic carbocycles. The summed E-state index contributed by atoms with van der Waals surface area (Å²) in [7, 11) is -14.2. The lowest BCUT2D eigenvalue weighted by Crippen LogP contribution is -2.49. The molecule has 12 saturated carbocycles. The highest BCUT2D eigenvalue weighted by atomic mass is 32.2. The summed E-state index contributed by atoms with van der Waals surface area (Å²) in [4.78, 5) is 30.6. The molecule has 21 heteroatoms. The topological polar surface area (TPSA) is 224 Å². The lowest BCUT2D eigenvalue weighted by Gasteiger charge is -2.56. The van der Waals surface area contributed by atoms with E-state index in [1.807, 2.05) is 0 Å². The van der Waals surface area contributed by atoms with Gasteiger partial charge in [-0.15, -0.1) is 0 Å². The van der Waals surface area contributed by atoms with Crippen LogP contribution in [0.1, 0.15) is 433 Å². The number of benzene rings is 8. The minimum atomic E-state index is -6.04. The van der Waals surface area contributed by atoms with Gasteiger partial charge in [-0.05, 0) is 336 Å². The maximum Gasteiger partial charge on any atom is 0.428 e. The standard InChI is InChI=1S/2C24H36O3S.C22H33OS.C21H27OS.C18H15S.C13H18F2O5S/c2*25-28(26,27)24-22(19-12-6-2-7-13-19)16-21(18-10-4-1-5-11-18)17-23(24)20-14-8-3-9-15-20;1-22(2,3)21(24-15-7-8-16-24)20(23)19-13-11-18(12-14-19)17-9-5-4-6-10-17;1-2-8-17(9-3-1)16-22-20-12-13-21(23-14-6-7-15-23)19-11-5-4-10-18(19)20;1-4-10-16(11-5-1)19(17-12-6-2-7-13-17)18-14-8-3-9-15-18;14-13(15,21(17,18)19)11(16)20-7-12-4-8-1-9(5-12)3-10(2-8)6-12/h2*16-20H,1-15H2,(H,25,26,27);11-14,17,21H,4-10,15-16H2,1-3H3;4-5,10-13,17H,1-3,6-9,14-16H2;1-15H;8-10H,1-7H2,(H,17,18,19)/q;;3*+1;/p-3. The van der Waals surface area contributed by atoms with Crippen molar-refractivity contribution in [3.8, 4) is 5.75 Å². The number of rotatable bonds is 23. The summed E-state index contributed by atoms with van der Waals surface area (Å²) in [5, 5.41) is -2.06. The normalized spacial score (nSPS) is 23.3. The number of hydrogen-bond donors (Lipinski definition) is 0. The highest BCUT2D eigenvalue weighted by molar-refractivity contribution is 7.98. The molecule has 12 aliphatic carbocycles. The fraction of sp³-hybridized carbons (Fsp3) is 0.607. The summed E-state index contributed by atoms with van der Waals surface area (Å²) in [6, 6.07) is 62.9. The van der Waals surface area contributed by atoms with E-state index in [2.05, 4.69) is 201 Å². The van der Waals surface area contributed by atoms with Crippen molar-refractivity contribution < 1.29 is 66.8 Å². The molecule has 13 nitrogen and oxygen atoms in total. The van der Waals surface area contributed by atoms with Crippen molar-refractivity contribution in [1.29, 1.82) is 0 Å². The lowest BCUT2D eigenvalue weighted by atomic mass is 9.50. The maximum atomic E-state index is 13.3. The van der Waals surface area contributed by atoms with Gasteiger partial charge in [0.25, 0.3) is 0 Å². The molecular weight excluding hydrogens is 1900 g/mol. The first-order valence-corrected chi connectivity index (χ1v) is 64.5. The number of halogens is 2. The molecule has 2 saturated heterocycles. The summed E-state index contributed by atoms with van der Waals surface area (Å²) < 4.78 is 143. The molecule has 0 aromatic heterocycles. The maximum absolute atomic E-state index is 13.3. The molecule has 143 heavy (non-hydrogen) atoms. The van der Waals surface area contributed by atoms with Crippen molar-refractivity contribution in [2.45, 2.75) is 423 Å². The molecule has 22 rings (SSSR count). The van der Waals surface area contributed by atoms with E-state index in [9.17, 15) is 57.3 Å². The fourth-order valence-corrected chi connectivity index (χ4v) is 37.8. The third kappa shape index (κ3) is 29.1.